The van der Waals surface area contributed by atoms with Gasteiger partial charge in [0, 0.05) is 23.7 Å². The van der Waals surface area contributed by atoms with Gasteiger partial charge in [-0.05, 0) is 11.4 Å². The van der Waals surface area contributed by atoms with Gasteiger partial charge in [0.1, 0.15) is 0 Å². The van der Waals surface area contributed by atoms with Crippen LogP contribution >= 0.6 is 23.1 Å². The van der Waals surface area contributed by atoms with Gasteiger partial charge in [-0.25, -0.2) is 0 Å². The lowest BCUT2D eigenvalue weighted by Gasteiger charge is -2.35. The molecule has 1 fully saturated rings. The number of thiophene rings is 1. The molecule has 0 atom stereocenters. The van der Waals surface area contributed by atoms with Crippen LogP contribution in [-0.2, 0) is 10.5 Å². The number of hydrogen-bond acceptors (Lipinski definition) is 4. The van der Waals surface area contributed by atoms with Gasteiger partial charge in [-0.1, -0.05) is 6.07 Å². The predicted molar refractivity (Wildman–Crippen MR) is 63.1 cm³/mol. The summed E-state index contributed by atoms with van der Waals surface area (Å²) in [7, 11) is 0. The molecule has 0 saturated carbocycles. The quantitative estimate of drug-likeness (QED) is 0.863. The Morgan fingerprint density at radius 2 is 2.47 bits per heavy atom. The molecule has 3 nitrogen and oxygen atoms in total. The van der Waals surface area contributed by atoms with E-state index in [-0.39, 0.29) is 12.0 Å². The molecule has 15 heavy (non-hydrogen) atoms. The molecule has 1 aliphatic heterocycles. The standard InChI is InChI=1S/C10H13NO2S2/c12-8-4-11(5-8)10(13)7-14-6-9-2-1-3-15-9/h1-3,8,12H,4-7H2. The first kappa shape index (κ1) is 11.0. The number of hydrogen-bond donors (Lipinski definition) is 1. The van der Waals surface area contributed by atoms with Crippen LogP contribution < -0.4 is 0 Å². The Balaban J connectivity index is 1.64. The van der Waals surface area contributed by atoms with Gasteiger partial charge < -0.3 is 10.0 Å². The molecule has 0 bridgehead atoms. The van der Waals surface area contributed by atoms with E-state index in [0.717, 1.165) is 5.75 Å². The summed E-state index contributed by atoms with van der Waals surface area (Å²) in [5, 5.41) is 11.1. The highest BCUT2D eigenvalue weighted by atomic mass is 32.2. The average molecular weight is 243 g/mol. The summed E-state index contributed by atoms with van der Waals surface area (Å²) in [6, 6.07) is 4.10. The smallest absolute Gasteiger partial charge is 0.232 e. The zero-order valence-electron chi connectivity index (χ0n) is 8.26. The molecule has 0 radical (unpaired) electrons. The molecule has 1 aromatic rings. The molecular formula is C10H13NO2S2. The molecule has 1 saturated heterocycles. The largest absolute Gasteiger partial charge is 0.389 e. The van der Waals surface area contributed by atoms with E-state index in [1.165, 1.54) is 4.88 Å². The van der Waals surface area contributed by atoms with E-state index >= 15 is 0 Å². The number of rotatable bonds is 4. The first-order valence-corrected chi connectivity index (χ1v) is 6.85. The number of amides is 1. The van der Waals surface area contributed by atoms with Crippen LogP contribution in [0.4, 0.5) is 0 Å². The number of nitrogens with zero attached hydrogens (tertiary/aromatic N) is 1. The van der Waals surface area contributed by atoms with E-state index < -0.39 is 0 Å². The van der Waals surface area contributed by atoms with E-state index in [9.17, 15) is 4.79 Å². The summed E-state index contributed by atoms with van der Waals surface area (Å²) in [5.74, 6) is 1.56. The Morgan fingerprint density at radius 3 is 3.07 bits per heavy atom. The van der Waals surface area contributed by atoms with Crippen LogP contribution in [0.15, 0.2) is 17.5 Å². The molecule has 0 unspecified atom stereocenters. The lowest BCUT2D eigenvalue weighted by atomic mass is 10.2. The van der Waals surface area contributed by atoms with Gasteiger partial charge in [-0.3, -0.25) is 4.79 Å². The van der Waals surface area contributed by atoms with Gasteiger partial charge in [-0.2, -0.15) is 0 Å². The van der Waals surface area contributed by atoms with Crippen LogP contribution in [0.2, 0.25) is 0 Å². The number of carbonyl (C=O) groups is 1. The highest BCUT2D eigenvalue weighted by molar-refractivity contribution is 7.99. The second kappa shape index (κ2) is 5.01. The van der Waals surface area contributed by atoms with Crippen LogP contribution in [0.5, 0.6) is 0 Å². The first-order chi connectivity index (χ1) is 7.25. The van der Waals surface area contributed by atoms with Gasteiger partial charge >= 0.3 is 0 Å². The van der Waals surface area contributed by atoms with Gasteiger partial charge in [0.15, 0.2) is 0 Å². The third-order valence-electron chi connectivity index (χ3n) is 2.26. The van der Waals surface area contributed by atoms with Crippen molar-refractivity contribution in [2.75, 3.05) is 18.8 Å². The van der Waals surface area contributed by atoms with Crippen molar-refractivity contribution in [3.05, 3.63) is 22.4 Å². The molecule has 0 aromatic carbocycles. The Labute approximate surface area is 97.1 Å². The van der Waals surface area contributed by atoms with E-state index in [0.29, 0.717) is 18.8 Å². The van der Waals surface area contributed by atoms with Crippen molar-refractivity contribution >= 4 is 29.0 Å². The number of aliphatic hydroxyl groups is 1. The second-order valence-electron chi connectivity index (χ2n) is 3.52. The molecule has 5 heteroatoms. The zero-order valence-corrected chi connectivity index (χ0v) is 9.89. The van der Waals surface area contributed by atoms with Crippen molar-refractivity contribution in [1.29, 1.82) is 0 Å². The van der Waals surface area contributed by atoms with Crippen molar-refractivity contribution in [3.8, 4) is 0 Å². The topological polar surface area (TPSA) is 40.5 Å². The maximum Gasteiger partial charge on any atom is 0.232 e. The Kier molecular flexibility index (Phi) is 3.66. The van der Waals surface area contributed by atoms with Crippen LogP contribution in [0.25, 0.3) is 0 Å². The van der Waals surface area contributed by atoms with E-state index in [1.54, 1.807) is 28.0 Å². The molecule has 1 N–H and O–H groups in total. The predicted octanol–water partition coefficient (Wildman–Crippen LogP) is 1.18. The SMILES string of the molecule is O=C(CSCc1cccs1)N1CC(O)C1. The molecule has 1 amide bonds. The number of β-amino-alcohol motifs (C(OH)–C–C–N with tert-alkyl or cyclic N) is 1. The molecule has 0 spiro atoms. The molecule has 82 valence electrons. The first-order valence-electron chi connectivity index (χ1n) is 4.81. The van der Waals surface area contributed by atoms with Crippen LogP contribution in [0, 0.1) is 0 Å². The van der Waals surface area contributed by atoms with Gasteiger partial charge in [0.25, 0.3) is 0 Å². The summed E-state index contributed by atoms with van der Waals surface area (Å²) in [6.45, 7) is 1.02. The van der Waals surface area contributed by atoms with Crippen LogP contribution in [0.1, 0.15) is 4.88 Å². The number of thioether (sulfide) groups is 1. The monoisotopic (exact) mass is 243 g/mol. The molecule has 0 aliphatic carbocycles. The zero-order chi connectivity index (χ0) is 10.7. The highest BCUT2D eigenvalue weighted by Crippen LogP contribution is 2.18. The Bertz CT molecular complexity index is 320. The maximum absolute atomic E-state index is 11.5. The van der Waals surface area contributed by atoms with E-state index in [2.05, 4.69) is 6.07 Å². The van der Waals surface area contributed by atoms with Crippen molar-refractivity contribution in [1.82, 2.24) is 4.90 Å². The van der Waals surface area contributed by atoms with Gasteiger partial charge in [0.2, 0.25) is 5.91 Å². The highest BCUT2D eigenvalue weighted by Gasteiger charge is 2.28. The van der Waals surface area contributed by atoms with Gasteiger partial charge in [-0.15, -0.1) is 23.1 Å². The summed E-state index contributed by atoms with van der Waals surface area (Å²) in [5.41, 5.74) is 0. The van der Waals surface area contributed by atoms with E-state index in [4.69, 9.17) is 5.11 Å². The number of carbonyl (C=O) groups excluding carboxylic acids is 1. The van der Waals surface area contributed by atoms with Gasteiger partial charge in [0.05, 0.1) is 11.9 Å². The Morgan fingerprint density at radius 1 is 1.67 bits per heavy atom. The lowest BCUT2D eigenvalue weighted by Crippen LogP contribution is -2.54. The summed E-state index contributed by atoms with van der Waals surface area (Å²) in [6.07, 6.45) is -0.295. The fraction of sp³-hybridized carbons (Fsp3) is 0.500. The van der Waals surface area contributed by atoms with Crippen molar-refractivity contribution in [2.24, 2.45) is 0 Å². The minimum atomic E-state index is -0.295. The second-order valence-corrected chi connectivity index (χ2v) is 5.54. The van der Waals surface area contributed by atoms with Crippen molar-refractivity contribution in [3.63, 3.8) is 0 Å². The van der Waals surface area contributed by atoms with Crippen LogP contribution in [-0.4, -0.2) is 40.9 Å². The maximum atomic E-state index is 11.5. The minimum Gasteiger partial charge on any atom is -0.389 e. The minimum absolute atomic E-state index is 0.141. The fourth-order valence-corrected chi connectivity index (χ4v) is 3.15. The molecular weight excluding hydrogens is 230 g/mol. The lowest BCUT2D eigenvalue weighted by molar-refractivity contribution is -0.138. The average Bonchev–Trinajstić information content (AvgIpc) is 2.65. The molecule has 2 rings (SSSR count). The van der Waals surface area contributed by atoms with Crippen LogP contribution in [0.3, 0.4) is 0 Å². The normalized spacial score (nSPS) is 16.5. The van der Waals surface area contributed by atoms with Crippen molar-refractivity contribution < 1.29 is 9.90 Å². The molecule has 1 aromatic heterocycles. The Hall–Kier alpha value is -0.520. The number of likely N-dealkylation sites (tertiary alicyclic amines) is 1. The third-order valence-corrected chi connectivity index (χ3v) is 4.29. The summed E-state index contributed by atoms with van der Waals surface area (Å²) >= 11 is 3.35. The third kappa shape index (κ3) is 2.96. The summed E-state index contributed by atoms with van der Waals surface area (Å²) < 4.78 is 0. The van der Waals surface area contributed by atoms with E-state index in [1.807, 2.05) is 11.4 Å². The number of aliphatic hydroxyl groups excluding tert-OH is 1. The molecule has 2 heterocycles. The van der Waals surface area contributed by atoms with Crippen molar-refractivity contribution in [2.45, 2.75) is 11.9 Å². The molecule has 1 aliphatic rings. The fourth-order valence-electron chi connectivity index (χ4n) is 1.38. The summed E-state index contributed by atoms with van der Waals surface area (Å²) in [4.78, 5) is 14.5.